The van der Waals surface area contributed by atoms with Crippen molar-refractivity contribution in [2.75, 3.05) is 0 Å². The molecule has 0 radical (unpaired) electrons. The summed E-state index contributed by atoms with van der Waals surface area (Å²) in [7, 11) is 0. The van der Waals surface area contributed by atoms with Crippen LogP contribution in [0.1, 0.15) is 16.8 Å². The Hall–Kier alpha value is -2.50. The molecule has 0 amide bonds. The molecule has 0 fully saturated rings. The van der Waals surface area contributed by atoms with Crippen molar-refractivity contribution in [1.82, 2.24) is 4.68 Å². The van der Waals surface area contributed by atoms with Gasteiger partial charge in [0.05, 0.1) is 6.21 Å². The van der Waals surface area contributed by atoms with Gasteiger partial charge in [-0.1, -0.05) is 0 Å². The Morgan fingerprint density at radius 1 is 1.19 bits per heavy atom. The van der Waals surface area contributed by atoms with Gasteiger partial charge in [-0.3, -0.25) is 4.79 Å². The summed E-state index contributed by atoms with van der Waals surface area (Å²) in [6.45, 7) is 0.772. The van der Waals surface area contributed by atoms with Gasteiger partial charge in [0, 0.05) is 11.8 Å². The summed E-state index contributed by atoms with van der Waals surface area (Å²) in [5.41, 5.74) is 2.04. The van der Waals surface area contributed by atoms with E-state index in [4.69, 9.17) is 0 Å². The highest BCUT2D eigenvalue weighted by molar-refractivity contribution is 5.79. The first kappa shape index (κ1) is 14.9. The highest BCUT2D eigenvalue weighted by atomic mass is 19.3. The zero-order valence-electron chi connectivity index (χ0n) is 11.6. The molecule has 0 N–H and O–H groups in total. The zero-order valence-corrected chi connectivity index (χ0v) is 11.6. The molecule has 2 aromatic rings. The van der Waals surface area contributed by atoms with Crippen LogP contribution in [-0.2, 0) is 0 Å². The Morgan fingerprint density at radius 2 is 1.86 bits per heavy atom. The molecule has 6 heteroatoms. The van der Waals surface area contributed by atoms with E-state index in [1.165, 1.54) is 29.1 Å². The van der Waals surface area contributed by atoms with Crippen LogP contribution in [-0.4, -0.2) is 17.5 Å². The molecule has 21 heavy (non-hydrogen) atoms. The van der Waals surface area contributed by atoms with E-state index in [2.05, 4.69) is 9.84 Å². The molecule has 0 aliphatic heterocycles. The van der Waals surface area contributed by atoms with Gasteiger partial charge in [0.1, 0.15) is 5.75 Å². The molecule has 1 aromatic carbocycles. The Labute approximate surface area is 120 Å². The van der Waals surface area contributed by atoms with Gasteiger partial charge in [0.25, 0.3) is 5.56 Å². The quantitative estimate of drug-likeness (QED) is 0.813. The van der Waals surface area contributed by atoms with Gasteiger partial charge in [-0.05, 0) is 55.3 Å². The van der Waals surface area contributed by atoms with Gasteiger partial charge in [-0.15, -0.1) is 0 Å². The predicted molar refractivity (Wildman–Crippen MR) is 76.2 cm³/mol. The third kappa shape index (κ3) is 3.98. The monoisotopic (exact) mass is 292 g/mol. The summed E-state index contributed by atoms with van der Waals surface area (Å²) in [5.74, 6) is 0.0748. The van der Waals surface area contributed by atoms with Crippen molar-refractivity contribution >= 4 is 6.21 Å². The van der Waals surface area contributed by atoms with Crippen molar-refractivity contribution in [3.63, 3.8) is 0 Å². The van der Waals surface area contributed by atoms with Crippen molar-refractivity contribution in [2.24, 2.45) is 5.10 Å². The Balaban J connectivity index is 2.20. The average molecular weight is 292 g/mol. The third-order valence-corrected chi connectivity index (χ3v) is 2.76. The summed E-state index contributed by atoms with van der Waals surface area (Å²) >= 11 is 0. The summed E-state index contributed by atoms with van der Waals surface area (Å²) in [6.07, 6.45) is 1.48. The summed E-state index contributed by atoms with van der Waals surface area (Å²) in [6, 6.07) is 9.32. The predicted octanol–water partition coefficient (Wildman–Crippen LogP) is 2.95. The number of rotatable bonds is 4. The lowest BCUT2D eigenvalue weighted by Crippen LogP contribution is -2.18. The van der Waals surface area contributed by atoms with Crippen molar-refractivity contribution < 1.29 is 13.5 Å². The number of aromatic nitrogens is 1. The molecular weight excluding hydrogens is 278 g/mol. The number of alkyl halides is 2. The van der Waals surface area contributed by atoms with Crippen molar-refractivity contribution in [1.29, 1.82) is 0 Å². The fourth-order valence-electron chi connectivity index (χ4n) is 1.87. The zero-order chi connectivity index (χ0) is 15.4. The fraction of sp³-hybridized carbons (Fsp3) is 0.200. The van der Waals surface area contributed by atoms with E-state index >= 15 is 0 Å². The summed E-state index contributed by atoms with van der Waals surface area (Å²) in [4.78, 5) is 11.8. The van der Waals surface area contributed by atoms with E-state index < -0.39 is 6.61 Å². The molecule has 110 valence electrons. The van der Waals surface area contributed by atoms with E-state index in [1.54, 1.807) is 19.1 Å². The minimum atomic E-state index is -2.85. The van der Waals surface area contributed by atoms with E-state index in [0.717, 1.165) is 5.56 Å². The number of ether oxygens (including phenoxy) is 1. The number of aryl methyl sites for hydroxylation is 2. The van der Waals surface area contributed by atoms with Crippen LogP contribution in [0.25, 0.3) is 0 Å². The standard InChI is InChI=1S/C15H14F2N2O2/c1-10-7-11(2)19(14(20)8-10)18-9-12-3-5-13(6-4-12)21-15(16)17/h3-9,15H,1-2H3/b18-9+. The molecule has 0 atom stereocenters. The lowest BCUT2D eigenvalue weighted by atomic mass is 10.2. The lowest BCUT2D eigenvalue weighted by Gasteiger charge is -2.05. The number of hydrogen-bond acceptors (Lipinski definition) is 3. The molecule has 1 aromatic heterocycles. The van der Waals surface area contributed by atoms with E-state index in [1.807, 2.05) is 13.0 Å². The molecule has 0 spiro atoms. The number of nitrogens with zero attached hydrogens (tertiary/aromatic N) is 2. The highest BCUT2D eigenvalue weighted by Crippen LogP contribution is 2.14. The van der Waals surface area contributed by atoms with Crippen LogP contribution in [0.2, 0.25) is 0 Å². The molecule has 0 aliphatic carbocycles. The molecule has 0 bridgehead atoms. The van der Waals surface area contributed by atoms with Gasteiger partial charge < -0.3 is 4.74 Å². The first-order chi connectivity index (χ1) is 9.95. The van der Waals surface area contributed by atoms with E-state index in [9.17, 15) is 13.6 Å². The largest absolute Gasteiger partial charge is 0.435 e. The number of benzene rings is 1. The molecular formula is C15H14F2N2O2. The number of hydrogen-bond donors (Lipinski definition) is 0. The summed E-state index contributed by atoms with van der Waals surface area (Å²) < 4.78 is 29.6. The second kappa shape index (κ2) is 6.30. The first-order valence-corrected chi connectivity index (χ1v) is 6.25. The first-order valence-electron chi connectivity index (χ1n) is 6.25. The Morgan fingerprint density at radius 3 is 2.43 bits per heavy atom. The van der Waals surface area contributed by atoms with Crippen LogP contribution in [0.4, 0.5) is 8.78 Å². The van der Waals surface area contributed by atoms with Crippen LogP contribution in [0.3, 0.4) is 0 Å². The maximum absolute atomic E-state index is 12.0. The van der Waals surface area contributed by atoms with Crippen LogP contribution < -0.4 is 10.3 Å². The van der Waals surface area contributed by atoms with Gasteiger partial charge in [-0.2, -0.15) is 13.9 Å². The Kier molecular flexibility index (Phi) is 4.47. The fourth-order valence-corrected chi connectivity index (χ4v) is 1.87. The second-order valence-electron chi connectivity index (χ2n) is 4.52. The average Bonchev–Trinajstić information content (AvgIpc) is 2.38. The maximum Gasteiger partial charge on any atom is 0.387 e. The molecule has 0 aliphatic rings. The molecule has 0 unspecified atom stereocenters. The molecule has 0 saturated carbocycles. The summed E-state index contributed by atoms with van der Waals surface area (Å²) in [5, 5.41) is 4.10. The van der Waals surface area contributed by atoms with Crippen molar-refractivity contribution in [2.45, 2.75) is 20.5 Å². The normalized spacial score (nSPS) is 11.3. The van der Waals surface area contributed by atoms with Crippen LogP contribution in [0, 0.1) is 13.8 Å². The van der Waals surface area contributed by atoms with Crippen molar-refractivity contribution in [3.05, 3.63) is 63.6 Å². The highest BCUT2D eigenvalue weighted by Gasteiger charge is 2.03. The van der Waals surface area contributed by atoms with Crippen LogP contribution in [0.15, 0.2) is 46.3 Å². The molecule has 0 saturated heterocycles. The molecule has 2 rings (SSSR count). The number of pyridine rings is 1. The maximum atomic E-state index is 12.0. The van der Waals surface area contributed by atoms with Crippen molar-refractivity contribution in [3.8, 4) is 5.75 Å². The lowest BCUT2D eigenvalue weighted by molar-refractivity contribution is -0.0498. The van der Waals surface area contributed by atoms with E-state index in [0.29, 0.717) is 11.3 Å². The van der Waals surface area contributed by atoms with Gasteiger partial charge >= 0.3 is 6.61 Å². The molecule has 1 heterocycles. The van der Waals surface area contributed by atoms with Gasteiger partial charge in [0.2, 0.25) is 0 Å². The minimum Gasteiger partial charge on any atom is -0.435 e. The SMILES string of the molecule is Cc1cc(C)n(/N=C/c2ccc(OC(F)F)cc2)c(=O)c1. The molecule has 4 nitrogen and oxygen atoms in total. The topological polar surface area (TPSA) is 43.6 Å². The second-order valence-corrected chi connectivity index (χ2v) is 4.52. The van der Waals surface area contributed by atoms with Gasteiger partial charge in [0.15, 0.2) is 0 Å². The third-order valence-electron chi connectivity index (χ3n) is 2.76. The number of halogens is 2. The minimum absolute atomic E-state index is 0.0748. The van der Waals surface area contributed by atoms with Gasteiger partial charge in [-0.25, -0.2) is 4.68 Å². The van der Waals surface area contributed by atoms with E-state index in [-0.39, 0.29) is 11.3 Å². The van der Waals surface area contributed by atoms with Crippen LogP contribution >= 0.6 is 0 Å². The smallest absolute Gasteiger partial charge is 0.387 e. The van der Waals surface area contributed by atoms with Crippen LogP contribution in [0.5, 0.6) is 5.75 Å². The Bertz CT molecular complexity index is 707.